The number of anilines is 1. The summed E-state index contributed by atoms with van der Waals surface area (Å²) in [5.74, 6) is 0.446. The lowest BCUT2D eigenvalue weighted by Crippen LogP contribution is -2.36. The van der Waals surface area contributed by atoms with E-state index in [2.05, 4.69) is 15.4 Å². The molecule has 0 fully saturated rings. The van der Waals surface area contributed by atoms with Crippen molar-refractivity contribution in [1.29, 1.82) is 0 Å². The predicted octanol–water partition coefficient (Wildman–Crippen LogP) is 0.415. The lowest BCUT2D eigenvalue weighted by atomic mass is 10.4. The maximum atomic E-state index is 11.5. The number of carbonyl (C=O) groups is 1. The number of carbonyl (C=O) groups excluding carboxylic acids is 1. The van der Waals surface area contributed by atoms with Gasteiger partial charge in [0, 0.05) is 33.7 Å². The summed E-state index contributed by atoms with van der Waals surface area (Å²) in [6.07, 6.45) is 0. The van der Waals surface area contributed by atoms with E-state index < -0.39 is 0 Å². The molecule has 0 aliphatic carbocycles. The van der Waals surface area contributed by atoms with E-state index >= 15 is 0 Å². The summed E-state index contributed by atoms with van der Waals surface area (Å²) in [5.41, 5.74) is 8.55. The second kappa shape index (κ2) is 5.40. The van der Waals surface area contributed by atoms with Gasteiger partial charge in [0.1, 0.15) is 5.52 Å². The molecule has 2 aromatic heterocycles. The number of hydrogen-bond donors (Lipinski definition) is 2. The van der Waals surface area contributed by atoms with Gasteiger partial charge in [-0.15, -0.1) is 0 Å². The highest BCUT2D eigenvalue weighted by Gasteiger charge is 2.16. The minimum absolute atomic E-state index is 0.125. The van der Waals surface area contributed by atoms with Gasteiger partial charge < -0.3 is 16.0 Å². The summed E-state index contributed by atoms with van der Waals surface area (Å²) in [6, 6.07) is -0.125. The van der Waals surface area contributed by atoms with Gasteiger partial charge in [-0.2, -0.15) is 5.10 Å². The molecule has 2 aromatic rings. The number of imidazole rings is 1. The molecule has 0 spiro atoms. The zero-order chi connectivity index (χ0) is 14.9. The molecule has 0 saturated carbocycles. The Morgan fingerprint density at radius 2 is 2.15 bits per heavy atom. The Kier molecular flexibility index (Phi) is 3.82. The molecule has 8 nitrogen and oxygen atoms in total. The molecule has 0 radical (unpaired) electrons. The number of nitrogens with zero attached hydrogens (tertiary/aromatic N) is 5. The van der Waals surface area contributed by atoms with Crippen LogP contribution < -0.4 is 11.1 Å². The third-order valence-corrected chi connectivity index (χ3v) is 3.15. The predicted molar refractivity (Wildman–Crippen MR) is 77.4 cm³/mol. The number of rotatable bonds is 4. The van der Waals surface area contributed by atoms with E-state index in [1.54, 1.807) is 14.1 Å². The highest BCUT2D eigenvalue weighted by Crippen LogP contribution is 2.20. The monoisotopic (exact) mass is 279 g/mol. The Morgan fingerprint density at radius 3 is 2.75 bits per heavy atom. The van der Waals surface area contributed by atoms with Crippen LogP contribution in [0.3, 0.4) is 0 Å². The van der Waals surface area contributed by atoms with Crippen molar-refractivity contribution in [3.63, 3.8) is 0 Å². The highest BCUT2D eigenvalue weighted by molar-refractivity contribution is 5.77. The fourth-order valence-electron chi connectivity index (χ4n) is 2.11. The van der Waals surface area contributed by atoms with E-state index in [9.17, 15) is 4.79 Å². The Hall–Kier alpha value is -2.25. The fourth-order valence-corrected chi connectivity index (χ4v) is 2.11. The van der Waals surface area contributed by atoms with E-state index in [0.29, 0.717) is 19.0 Å². The minimum atomic E-state index is -0.125. The smallest absolute Gasteiger partial charge is 0.316 e. The summed E-state index contributed by atoms with van der Waals surface area (Å²) in [6.45, 7) is 5.74. The van der Waals surface area contributed by atoms with Gasteiger partial charge >= 0.3 is 6.03 Å². The van der Waals surface area contributed by atoms with Gasteiger partial charge in [-0.25, -0.2) is 14.5 Å². The number of hydrogen-bond acceptors (Lipinski definition) is 4. The molecule has 110 valence electrons. The summed E-state index contributed by atoms with van der Waals surface area (Å²) >= 11 is 0. The van der Waals surface area contributed by atoms with Crippen LogP contribution in [0.5, 0.6) is 0 Å². The van der Waals surface area contributed by atoms with Crippen LogP contribution in [0.2, 0.25) is 0 Å². The van der Waals surface area contributed by atoms with Crippen LogP contribution in [0.25, 0.3) is 11.2 Å². The topological polar surface area (TPSA) is 94.0 Å². The van der Waals surface area contributed by atoms with Crippen molar-refractivity contribution >= 4 is 23.1 Å². The molecule has 0 unspecified atom stereocenters. The third-order valence-electron chi connectivity index (χ3n) is 3.15. The maximum Gasteiger partial charge on any atom is 0.316 e. The second-order valence-electron chi connectivity index (χ2n) is 4.82. The summed E-state index contributed by atoms with van der Waals surface area (Å²) in [4.78, 5) is 17.3. The van der Waals surface area contributed by atoms with Crippen LogP contribution in [0.4, 0.5) is 10.7 Å². The van der Waals surface area contributed by atoms with Gasteiger partial charge in [-0.05, 0) is 13.8 Å². The molecule has 0 saturated heterocycles. The van der Waals surface area contributed by atoms with Crippen molar-refractivity contribution in [2.45, 2.75) is 26.9 Å². The van der Waals surface area contributed by atoms with Crippen molar-refractivity contribution in [1.82, 2.24) is 29.5 Å². The van der Waals surface area contributed by atoms with Gasteiger partial charge in [0.25, 0.3) is 0 Å². The number of amides is 2. The van der Waals surface area contributed by atoms with Gasteiger partial charge in [0.15, 0.2) is 5.65 Å². The molecule has 0 aliphatic rings. The first kappa shape index (κ1) is 14.2. The minimum Gasteiger partial charge on any atom is -0.369 e. The first-order chi connectivity index (χ1) is 9.45. The molecular weight excluding hydrogens is 258 g/mol. The van der Waals surface area contributed by atoms with Crippen molar-refractivity contribution < 1.29 is 4.79 Å². The van der Waals surface area contributed by atoms with Crippen LogP contribution in [-0.2, 0) is 13.1 Å². The number of aryl methyl sites for hydroxylation is 2. The van der Waals surface area contributed by atoms with Gasteiger partial charge in [-0.1, -0.05) is 0 Å². The summed E-state index contributed by atoms with van der Waals surface area (Å²) in [5, 5.41) is 7.23. The number of aromatic nitrogens is 4. The van der Waals surface area contributed by atoms with Gasteiger partial charge in [0.05, 0.1) is 5.69 Å². The van der Waals surface area contributed by atoms with Gasteiger partial charge in [-0.3, -0.25) is 4.57 Å². The van der Waals surface area contributed by atoms with Crippen molar-refractivity contribution in [2.24, 2.45) is 0 Å². The molecule has 8 heteroatoms. The number of nitrogen functional groups attached to an aromatic ring is 1. The second-order valence-corrected chi connectivity index (χ2v) is 4.82. The Labute approximate surface area is 117 Å². The van der Waals surface area contributed by atoms with E-state index in [1.165, 1.54) is 4.90 Å². The largest absolute Gasteiger partial charge is 0.369 e. The molecule has 0 bridgehead atoms. The summed E-state index contributed by atoms with van der Waals surface area (Å²) < 4.78 is 3.76. The van der Waals surface area contributed by atoms with Crippen LogP contribution in [0, 0.1) is 6.92 Å². The highest BCUT2D eigenvalue weighted by atomic mass is 16.2. The Balaban J connectivity index is 2.21. The van der Waals surface area contributed by atoms with E-state index in [1.807, 2.05) is 23.1 Å². The average Bonchev–Trinajstić information content (AvgIpc) is 2.88. The number of nitrogens with one attached hydrogen (secondary N) is 1. The fraction of sp³-hybridized carbons (Fsp3) is 0.583. The van der Waals surface area contributed by atoms with Crippen molar-refractivity contribution in [2.75, 3.05) is 26.4 Å². The third kappa shape index (κ3) is 2.40. The molecule has 0 aliphatic heterocycles. The molecule has 2 heterocycles. The van der Waals surface area contributed by atoms with E-state index in [-0.39, 0.29) is 6.03 Å². The Morgan fingerprint density at radius 1 is 1.45 bits per heavy atom. The van der Waals surface area contributed by atoms with Crippen LogP contribution in [0.1, 0.15) is 12.6 Å². The SMILES string of the molecule is CCn1nc(C)c2nc(N)n(CCNC(=O)N(C)C)c21. The first-order valence-corrected chi connectivity index (χ1v) is 6.60. The molecule has 0 atom stereocenters. The lowest BCUT2D eigenvalue weighted by molar-refractivity contribution is 0.217. The molecule has 0 aromatic carbocycles. The van der Waals surface area contributed by atoms with Crippen LogP contribution in [-0.4, -0.2) is 50.9 Å². The molecule has 2 rings (SSSR count). The van der Waals surface area contributed by atoms with E-state index in [0.717, 1.165) is 23.4 Å². The molecule has 3 N–H and O–H groups in total. The van der Waals surface area contributed by atoms with E-state index in [4.69, 9.17) is 5.73 Å². The van der Waals surface area contributed by atoms with Crippen molar-refractivity contribution in [3.8, 4) is 0 Å². The van der Waals surface area contributed by atoms with Crippen LogP contribution in [0.15, 0.2) is 0 Å². The molecule has 20 heavy (non-hydrogen) atoms. The molecular formula is C12H21N7O. The van der Waals surface area contributed by atoms with Gasteiger partial charge in [0.2, 0.25) is 5.95 Å². The lowest BCUT2D eigenvalue weighted by Gasteiger charge is -2.13. The number of nitrogens with two attached hydrogens (primary N) is 1. The van der Waals surface area contributed by atoms with Crippen molar-refractivity contribution in [3.05, 3.63) is 5.69 Å². The number of fused-ring (bicyclic) bond motifs is 1. The quantitative estimate of drug-likeness (QED) is 0.847. The molecule has 2 amide bonds. The number of urea groups is 1. The summed E-state index contributed by atoms with van der Waals surface area (Å²) in [7, 11) is 3.41. The average molecular weight is 279 g/mol. The normalized spacial score (nSPS) is 11.0. The van der Waals surface area contributed by atoms with Crippen LogP contribution >= 0.6 is 0 Å². The standard InChI is InChI=1S/C12H21N7O/c1-5-19-10-9(8(2)16-19)15-11(13)18(10)7-6-14-12(20)17(3)4/h5-7H2,1-4H3,(H2,13,15)(H,14,20). The first-order valence-electron chi connectivity index (χ1n) is 6.60. The zero-order valence-electron chi connectivity index (χ0n) is 12.3. The Bertz CT molecular complexity index is 625. The maximum absolute atomic E-state index is 11.5. The zero-order valence-corrected chi connectivity index (χ0v) is 12.3.